The van der Waals surface area contributed by atoms with Gasteiger partial charge in [0.15, 0.2) is 0 Å². The van der Waals surface area contributed by atoms with Gasteiger partial charge in [-0.05, 0) is 20.0 Å². The maximum atomic E-state index is 13.6. The van der Waals surface area contributed by atoms with Crippen molar-refractivity contribution in [3.8, 4) is 0 Å². The molecule has 1 rings (SSSR count). The summed E-state index contributed by atoms with van der Waals surface area (Å²) in [6, 6.07) is 0. The second kappa shape index (κ2) is 4.02. The van der Waals surface area contributed by atoms with Crippen molar-refractivity contribution in [1.29, 1.82) is 0 Å². The summed E-state index contributed by atoms with van der Waals surface area (Å²) in [5, 5.41) is 2.96. The zero-order valence-corrected chi connectivity index (χ0v) is 7.03. The van der Waals surface area contributed by atoms with Crippen LogP contribution in [0, 0.1) is 0 Å². The molecule has 0 aromatic carbocycles. The van der Waals surface area contributed by atoms with Gasteiger partial charge in [0.2, 0.25) is 0 Å². The predicted molar refractivity (Wildman–Crippen MR) is 42.4 cm³/mol. The molecule has 0 amide bonds. The van der Waals surface area contributed by atoms with Crippen LogP contribution in [0.1, 0.15) is 19.3 Å². The van der Waals surface area contributed by atoms with Crippen molar-refractivity contribution in [3.63, 3.8) is 0 Å². The van der Waals surface area contributed by atoms with Crippen molar-refractivity contribution < 1.29 is 9.13 Å². The molecule has 0 aliphatic carbocycles. The van der Waals surface area contributed by atoms with Gasteiger partial charge in [-0.2, -0.15) is 0 Å². The lowest BCUT2D eigenvalue weighted by Crippen LogP contribution is -2.34. The van der Waals surface area contributed by atoms with Crippen molar-refractivity contribution in [1.82, 2.24) is 5.32 Å². The van der Waals surface area contributed by atoms with E-state index in [1.54, 1.807) is 0 Å². The van der Waals surface area contributed by atoms with Crippen molar-refractivity contribution in [2.24, 2.45) is 0 Å². The quantitative estimate of drug-likeness (QED) is 0.669. The number of alkyl halides is 1. The van der Waals surface area contributed by atoms with Gasteiger partial charge in [-0.3, -0.25) is 0 Å². The summed E-state index contributed by atoms with van der Waals surface area (Å²) in [7, 11) is 1.85. The number of rotatable bonds is 3. The maximum Gasteiger partial charge on any atom is 0.116 e. The highest BCUT2D eigenvalue weighted by Crippen LogP contribution is 2.27. The van der Waals surface area contributed by atoms with Crippen molar-refractivity contribution in [2.75, 3.05) is 26.8 Å². The molecular weight excluding hydrogens is 145 g/mol. The molecule has 0 aromatic rings. The van der Waals surface area contributed by atoms with E-state index in [-0.39, 0.29) is 0 Å². The number of hydrogen-bond acceptors (Lipinski definition) is 2. The zero-order chi connectivity index (χ0) is 8.16. The lowest BCUT2D eigenvalue weighted by atomic mass is 9.93. The molecule has 1 saturated heterocycles. The lowest BCUT2D eigenvalue weighted by molar-refractivity contribution is -0.0125. The second-order valence-electron chi connectivity index (χ2n) is 3.12. The Labute approximate surface area is 67.1 Å². The van der Waals surface area contributed by atoms with Gasteiger partial charge >= 0.3 is 0 Å². The molecule has 0 radical (unpaired) electrons. The Hall–Kier alpha value is -0.150. The van der Waals surface area contributed by atoms with E-state index in [4.69, 9.17) is 4.74 Å². The third-order valence-electron chi connectivity index (χ3n) is 2.21. The monoisotopic (exact) mass is 161 g/mol. The third-order valence-corrected chi connectivity index (χ3v) is 2.21. The van der Waals surface area contributed by atoms with Crippen LogP contribution in [0.3, 0.4) is 0 Å². The van der Waals surface area contributed by atoms with E-state index < -0.39 is 5.67 Å². The molecule has 2 nitrogen and oxygen atoms in total. The largest absolute Gasteiger partial charge is 0.381 e. The molecule has 1 fully saturated rings. The fourth-order valence-corrected chi connectivity index (χ4v) is 1.34. The minimum absolute atomic E-state index is 0.564. The van der Waals surface area contributed by atoms with Crippen molar-refractivity contribution >= 4 is 0 Å². The van der Waals surface area contributed by atoms with Crippen LogP contribution in [0.2, 0.25) is 0 Å². The zero-order valence-electron chi connectivity index (χ0n) is 7.03. The van der Waals surface area contributed by atoms with Gasteiger partial charge in [-0.15, -0.1) is 0 Å². The highest BCUT2D eigenvalue weighted by Gasteiger charge is 2.31. The highest BCUT2D eigenvalue weighted by molar-refractivity contribution is 4.81. The Balaban J connectivity index is 2.25. The average molecular weight is 161 g/mol. The summed E-state index contributed by atoms with van der Waals surface area (Å²) in [5.74, 6) is 0. The molecule has 66 valence electrons. The highest BCUT2D eigenvalue weighted by atomic mass is 19.1. The Morgan fingerprint density at radius 2 is 2.09 bits per heavy atom. The predicted octanol–water partition coefficient (Wildman–Crippen LogP) is 1.11. The summed E-state index contributed by atoms with van der Waals surface area (Å²) in [6.45, 7) is 1.93. The fraction of sp³-hybridized carbons (Fsp3) is 1.00. The molecule has 1 heterocycles. The van der Waals surface area contributed by atoms with Crippen LogP contribution in [-0.2, 0) is 4.74 Å². The summed E-state index contributed by atoms with van der Waals surface area (Å²) >= 11 is 0. The number of ether oxygens (including phenoxy) is 1. The molecular formula is C8H16FNO. The summed E-state index contributed by atoms with van der Waals surface area (Å²) in [5.41, 5.74) is -0.957. The standard InChI is InChI=1S/C8H16FNO/c1-10-5-2-8(9)3-6-11-7-4-8/h10H,2-7H2,1H3. The first-order chi connectivity index (χ1) is 5.27. The van der Waals surface area contributed by atoms with Crippen LogP contribution in [0.5, 0.6) is 0 Å². The molecule has 1 aliphatic rings. The average Bonchev–Trinajstić information content (AvgIpc) is 2.03. The summed E-state index contributed by atoms with van der Waals surface area (Å²) in [6.07, 6.45) is 1.75. The summed E-state index contributed by atoms with van der Waals surface area (Å²) < 4.78 is 18.7. The van der Waals surface area contributed by atoms with Crippen LogP contribution in [-0.4, -0.2) is 32.5 Å². The fourth-order valence-electron chi connectivity index (χ4n) is 1.34. The van der Waals surface area contributed by atoms with Gasteiger partial charge in [-0.1, -0.05) is 0 Å². The van der Waals surface area contributed by atoms with E-state index in [2.05, 4.69) is 5.32 Å². The van der Waals surface area contributed by atoms with Crippen LogP contribution in [0.15, 0.2) is 0 Å². The van der Waals surface area contributed by atoms with Gasteiger partial charge in [0.1, 0.15) is 5.67 Å². The van der Waals surface area contributed by atoms with Gasteiger partial charge < -0.3 is 10.1 Å². The number of nitrogens with one attached hydrogen (secondary N) is 1. The Bertz CT molecular complexity index is 113. The van der Waals surface area contributed by atoms with E-state index in [0.717, 1.165) is 6.54 Å². The molecule has 0 spiro atoms. The van der Waals surface area contributed by atoms with Gasteiger partial charge in [0, 0.05) is 26.1 Å². The van der Waals surface area contributed by atoms with Crippen LogP contribution in [0.25, 0.3) is 0 Å². The number of hydrogen-bond donors (Lipinski definition) is 1. The normalized spacial score (nSPS) is 23.5. The Morgan fingerprint density at radius 1 is 1.45 bits per heavy atom. The van der Waals surface area contributed by atoms with E-state index in [0.29, 0.717) is 32.5 Å². The Morgan fingerprint density at radius 3 is 2.64 bits per heavy atom. The van der Waals surface area contributed by atoms with E-state index >= 15 is 0 Å². The second-order valence-corrected chi connectivity index (χ2v) is 3.12. The molecule has 0 bridgehead atoms. The molecule has 0 unspecified atom stereocenters. The van der Waals surface area contributed by atoms with E-state index in [1.807, 2.05) is 7.05 Å². The SMILES string of the molecule is CNCCC1(F)CCOCC1. The lowest BCUT2D eigenvalue weighted by Gasteiger charge is -2.29. The first-order valence-electron chi connectivity index (χ1n) is 4.18. The smallest absolute Gasteiger partial charge is 0.116 e. The summed E-state index contributed by atoms with van der Waals surface area (Å²) in [4.78, 5) is 0. The molecule has 0 atom stereocenters. The molecule has 0 saturated carbocycles. The topological polar surface area (TPSA) is 21.3 Å². The van der Waals surface area contributed by atoms with Crippen LogP contribution >= 0.6 is 0 Å². The van der Waals surface area contributed by atoms with E-state index in [1.165, 1.54) is 0 Å². The minimum atomic E-state index is -0.957. The molecule has 3 heteroatoms. The first-order valence-corrected chi connectivity index (χ1v) is 4.18. The van der Waals surface area contributed by atoms with Crippen LogP contribution in [0.4, 0.5) is 4.39 Å². The Kier molecular flexibility index (Phi) is 3.27. The first kappa shape index (κ1) is 8.94. The van der Waals surface area contributed by atoms with Crippen molar-refractivity contribution in [3.05, 3.63) is 0 Å². The molecule has 11 heavy (non-hydrogen) atoms. The van der Waals surface area contributed by atoms with Gasteiger partial charge in [-0.25, -0.2) is 4.39 Å². The van der Waals surface area contributed by atoms with Gasteiger partial charge in [0.25, 0.3) is 0 Å². The van der Waals surface area contributed by atoms with Gasteiger partial charge in [0.05, 0.1) is 0 Å². The van der Waals surface area contributed by atoms with E-state index in [9.17, 15) is 4.39 Å². The van der Waals surface area contributed by atoms with Crippen LogP contribution < -0.4 is 5.32 Å². The minimum Gasteiger partial charge on any atom is -0.381 e. The molecule has 0 aromatic heterocycles. The maximum absolute atomic E-state index is 13.6. The molecule has 1 N–H and O–H groups in total. The number of halogens is 1. The third kappa shape index (κ3) is 2.75. The molecule has 1 aliphatic heterocycles. The van der Waals surface area contributed by atoms with Crippen molar-refractivity contribution in [2.45, 2.75) is 24.9 Å².